The molecule has 0 aliphatic carbocycles. The van der Waals surface area contributed by atoms with Crippen molar-refractivity contribution in [3.8, 4) is 5.75 Å². The largest absolute Gasteiger partial charge is 0.497 e. The summed E-state index contributed by atoms with van der Waals surface area (Å²) in [5.74, 6) is 0.0232. The zero-order valence-corrected chi connectivity index (χ0v) is 15.8. The van der Waals surface area contributed by atoms with Gasteiger partial charge in [-0.15, -0.1) is 0 Å². The van der Waals surface area contributed by atoms with Crippen LogP contribution in [0, 0.1) is 0 Å². The quantitative estimate of drug-likeness (QED) is 0.588. The predicted molar refractivity (Wildman–Crippen MR) is 101 cm³/mol. The fraction of sp³-hybridized carbons (Fsp3) is 0.222. The van der Waals surface area contributed by atoms with E-state index in [1.54, 1.807) is 36.4 Å². The van der Waals surface area contributed by atoms with E-state index < -0.39 is 10.0 Å². The first-order valence-corrected chi connectivity index (χ1v) is 9.60. The van der Waals surface area contributed by atoms with E-state index in [1.807, 2.05) is 0 Å². The lowest BCUT2D eigenvalue weighted by Crippen LogP contribution is -2.34. The van der Waals surface area contributed by atoms with Crippen LogP contribution >= 0.6 is 0 Å². The van der Waals surface area contributed by atoms with Gasteiger partial charge in [-0.3, -0.25) is 9.59 Å². The first-order chi connectivity index (χ1) is 12.8. The monoisotopic (exact) mass is 391 g/mol. The number of carbonyl (C=O) groups excluding carboxylic acids is 2. The molecular weight excluding hydrogens is 370 g/mol. The molecule has 0 aliphatic heterocycles. The summed E-state index contributed by atoms with van der Waals surface area (Å²) in [6, 6.07) is 12.4. The van der Waals surface area contributed by atoms with Crippen molar-refractivity contribution in [1.82, 2.24) is 10.0 Å². The Balaban J connectivity index is 1.82. The number of benzene rings is 2. The predicted octanol–water partition coefficient (Wildman–Crippen LogP) is 1.36. The van der Waals surface area contributed by atoms with E-state index >= 15 is 0 Å². The topological polar surface area (TPSA) is 114 Å². The van der Waals surface area contributed by atoms with Gasteiger partial charge in [0.15, 0.2) is 0 Å². The number of hydrogen-bond acceptors (Lipinski definition) is 5. The minimum Gasteiger partial charge on any atom is -0.497 e. The van der Waals surface area contributed by atoms with Gasteiger partial charge >= 0.3 is 0 Å². The number of amides is 2. The van der Waals surface area contributed by atoms with E-state index in [-0.39, 0.29) is 29.8 Å². The minimum absolute atomic E-state index is 0.0457. The first-order valence-electron chi connectivity index (χ1n) is 8.11. The summed E-state index contributed by atoms with van der Waals surface area (Å²) >= 11 is 0. The summed E-state index contributed by atoms with van der Waals surface area (Å²) in [5, 5.41) is 5.24. The van der Waals surface area contributed by atoms with Crippen molar-refractivity contribution in [3.63, 3.8) is 0 Å². The van der Waals surface area contributed by atoms with Gasteiger partial charge in [-0.05, 0) is 48.5 Å². The van der Waals surface area contributed by atoms with E-state index in [0.29, 0.717) is 17.0 Å². The SMILES string of the molecule is COc1ccc(S(=O)(=O)NCCNC(=O)c2ccc(NC(C)=O)cc2)cc1. The van der Waals surface area contributed by atoms with Crippen LogP contribution in [0.5, 0.6) is 5.75 Å². The van der Waals surface area contributed by atoms with Gasteiger partial charge in [-0.25, -0.2) is 13.1 Å². The number of ether oxygens (including phenoxy) is 1. The molecule has 2 rings (SSSR count). The molecule has 0 bridgehead atoms. The van der Waals surface area contributed by atoms with Crippen LogP contribution in [0.4, 0.5) is 5.69 Å². The molecule has 2 amide bonds. The fourth-order valence-corrected chi connectivity index (χ4v) is 3.24. The Bertz CT molecular complexity index is 894. The summed E-state index contributed by atoms with van der Waals surface area (Å²) < 4.78 is 31.8. The number of hydrogen-bond donors (Lipinski definition) is 3. The molecule has 0 radical (unpaired) electrons. The molecule has 0 heterocycles. The molecule has 2 aromatic carbocycles. The number of rotatable bonds is 8. The van der Waals surface area contributed by atoms with Gasteiger partial charge in [0.05, 0.1) is 12.0 Å². The molecule has 0 saturated heterocycles. The van der Waals surface area contributed by atoms with E-state index in [4.69, 9.17) is 4.74 Å². The Kier molecular flexibility index (Phi) is 6.91. The molecule has 0 aliphatic rings. The van der Waals surface area contributed by atoms with Gasteiger partial charge in [0.2, 0.25) is 15.9 Å². The second-order valence-electron chi connectivity index (χ2n) is 5.59. The summed E-state index contributed by atoms with van der Waals surface area (Å²) in [7, 11) is -2.16. The van der Waals surface area contributed by atoms with Crippen molar-refractivity contribution in [2.75, 3.05) is 25.5 Å². The van der Waals surface area contributed by atoms with Crippen LogP contribution in [-0.2, 0) is 14.8 Å². The number of sulfonamides is 1. The molecule has 0 fully saturated rings. The highest BCUT2D eigenvalue weighted by atomic mass is 32.2. The lowest BCUT2D eigenvalue weighted by molar-refractivity contribution is -0.114. The van der Waals surface area contributed by atoms with Gasteiger partial charge in [-0.1, -0.05) is 0 Å². The second-order valence-corrected chi connectivity index (χ2v) is 7.35. The summed E-state index contributed by atoms with van der Waals surface area (Å²) in [6.07, 6.45) is 0. The number of methoxy groups -OCH3 is 1. The van der Waals surface area contributed by atoms with Crippen molar-refractivity contribution in [2.24, 2.45) is 0 Å². The Hall–Kier alpha value is -2.91. The van der Waals surface area contributed by atoms with Crippen molar-refractivity contribution in [2.45, 2.75) is 11.8 Å². The highest BCUT2D eigenvalue weighted by Gasteiger charge is 2.13. The maximum Gasteiger partial charge on any atom is 0.251 e. The van der Waals surface area contributed by atoms with Crippen molar-refractivity contribution in [1.29, 1.82) is 0 Å². The minimum atomic E-state index is -3.66. The number of carbonyl (C=O) groups is 2. The molecule has 2 aromatic rings. The molecule has 0 spiro atoms. The van der Waals surface area contributed by atoms with Crippen LogP contribution < -0.4 is 20.1 Å². The molecule has 9 heteroatoms. The maximum absolute atomic E-state index is 12.2. The van der Waals surface area contributed by atoms with E-state index in [1.165, 1.54) is 26.2 Å². The van der Waals surface area contributed by atoms with Crippen LogP contribution in [0.3, 0.4) is 0 Å². The smallest absolute Gasteiger partial charge is 0.251 e. The van der Waals surface area contributed by atoms with E-state index in [9.17, 15) is 18.0 Å². The summed E-state index contributed by atoms with van der Waals surface area (Å²) in [5.41, 5.74) is 0.994. The molecule has 144 valence electrons. The highest BCUT2D eigenvalue weighted by Crippen LogP contribution is 2.15. The van der Waals surface area contributed by atoms with Crippen LogP contribution in [0.25, 0.3) is 0 Å². The molecule has 0 saturated carbocycles. The standard InChI is InChI=1S/C18H21N3O5S/c1-13(22)21-15-5-3-14(4-6-15)18(23)19-11-12-20-27(24,25)17-9-7-16(26-2)8-10-17/h3-10,20H,11-12H2,1-2H3,(H,19,23)(H,21,22). The third-order valence-corrected chi connectivity index (χ3v) is 5.02. The van der Waals surface area contributed by atoms with Crippen LogP contribution in [-0.4, -0.2) is 40.4 Å². The third kappa shape index (κ3) is 6.08. The van der Waals surface area contributed by atoms with Gasteiger partial charge in [0.1, 0.15) is 5.75 Å². The zero-order valence-electron chi connectivity index (χ0n) is 15.0. The Morgan fingerprint density at radius 2 is 1.59 bits per heavy atom. The summed E-state index contributed by atoms with van der Waals surface area (Å²) in [6.45, 7) is 1.57. The Labute approximate surface area is 158 Å². The van der Waals surface area contributed by atoms with Crippen LogP contribution in [0.15, 0.2) is 53.4 Å². The lowest BCUT2D eigenvalue weighted by Gasteiger charge is -2.09. The molecule has 3 N–H and O–H groups in total. The zero-order chi connectivity index (χ0) is 19.9. The number of anilines is 1. The average molecular weight is 391 g/mol. The molecule has 0 aromatic heterocycles. The second kappa shape index (κ2) is 9.15. The third-order valence-electron chi connectivity index (χ3n) is 3.54. The van der Waals surface area contributed by atoms with Gasteiger partial charge in [-0.2, -0.15) is 0 Å². The first kappa shape index (κ1) is 20.4. The van der Waals surface area contributed by atoms with E-state index in [0.717, 1.165) is 0 Å². The lowest BCUT2D eigenvalue weighted by atomic mass is 10.2. The fourth-order valence-electron chi connectivity index (χ4n) is 2.21. The summed E-state index contributed by atoms with van der Waals surface area (Å²) in [4.78, 5) is 23.1. The van der Waals surface area contributed by atoms with Gasteiger partial charge in [0, 0.05) is 31.3 Å². The Morgan fingerprint density at radius 3 is 2.15 bits per heavy atom. The molecule has 0 atom stereocenters. The van der Waals surface area contributed by atoms with Gasteiger partial charge in [0.25, 0.3) is 5.91 Å². The van der Waals surface area contributed by atoms with E-state index in [2.05, 4.69) is 15.4 Å². The highest BCUT2D eigenvalue weighted by molar-refractivity contribution is 7.89. The molecule has 0 unspecified atom stereocenters. The maximum atomic E-state index is 12.2. The molecular formula is C18H21N3O5S. The molecule has 27 heavy (non-hydrogen) atoms. The average Bonchev–Trinajstić information content (AvgIpc) is 2.65. The van der Waals surface area contributed by atoms with Gasteiger partial charge < -0.3 is 15.4 Å². The number of nitrogens with one attached hydrogen (secondary N) is 3. The normalized spacial score (nSPS) is 10.9. The van der Waals surface area contributed by atoms with Crippen LogP contribution in [0.1, 0.15) is 17.3 Å². The molecule has 8 nitrogen and oxygen atoms in total. The van der Waals surface area contributed by atoms with Crippen molar-refractivity contribution >= 4 is 27.5 Å². The van der Waals surface area contributed by atoms with Crippen molar-refractivity contribution < 1.29 is 22.7 Å². The Morgan fingerprint density at radius 1 is 0.963 bits per heavy atom. The van der Waals surface area contributed by atoms with Crippen molar-refractivity contribution in [3.05, 3.63) is 54.1 Å². The van der Waals surface area contributed by atoms with Crippen LogP contribution in [0.2, 0.25) is 0 Å².